The van der Waals surface area contributed by atoms with E-state index in [1.54, 1.807) is 18.2 Å². The van der Waals surface area contributed by atoms with Crippen LogP contribution in [-0.2, 0) is 4.79 Å². The third-order valence-corrected chi connectivity index (χ3v) is 7.65. The average molecular weight is 520 g/mol. The largest absolute Gasteiger partial charge is 0.355 e. The molecular weight excluding hydrogens is 493 g/mol. The van der Waals surface area contributed by atoms with Crippen molar-refractivity contribution in [2.24, 2.45) is 11.8 Å². The summed E-state index contributed by atoms with van der Waals surface area (Å²) < 4.78 is 0. The summed E-state index contributed by atoms with van der Waals surface area (Å²) in [6.07, 6.45) is 4.17. The van der Waals surface area contributed by atoms with Gasteiger partial charge in [-0.2, -0.15) is 0 Å². The van der Waals surface area contributed by atoms with Gasteiger partial charge in [-0.15, -0.1) is 0 Å². The second-order valence-corrected chi connectivity index (χ2v) is 10.4. The van der Waals surface area contributed by atoms with E-state index in [2.05, 4.69) is 28.6 Å². The molecule has 0 atom stereocenters. The normalized spacial score (nSPS) is 17.6. The smallest absolute Gasteiger partial charge is 0.255 e. The second kappa shape index (κ2) is 10.4. The Bertz CT molecular complexity index is 1420. The highest BCUT2D eigenvalue weighted by atomic mass is 35.5. The van der Waals surface area contributed by atoms with Gasteiger partial charge >= 0.3 is 0 Å². The molecule has 1 aliphatic carbocycles. The molecule has 5 nitrogen and oxygen atoms in total. The van der Waals surface area contributed by atoms with Crippen molar-refractivity contribution in [3.8, 4) is 11.3 Å². The van der Waals surface area contributed by atoms with Crippen molar-refractivity contribution in [1.29, 1.82) is 0 Å². The zero-order valence-corrected chi connectivity index (χ0v) is 21.4. The SMILES string of the molecule is CC1CCC(C(=O)Nc2ccc3[nH]c(-c4ccc(NC(=O)c5ccc(Cl)c(Cl)c5)cc4)cc3c2)CC1. The minimum Gasteiger partial charge on any atom is -0.355 e. The maximum atomic E-state index is 12.7. The number of carbonyl (C=O) groups is 2. The molecule has 1 fully saturated rings. The van der Waals surface area contributed by atoms with E-state index in [1.165, 1.54) is 0 Å². The van der Waals surface area contributed by atoms with Gasteiger partial charge in [-0.05, 0) is 91.8 Å². The fourth-order valence-corrected chi connectivity index (χ4v) is 5.00. The number of nitrogens with one attached hydrogen (secondary N) is 3. The quantitative estimate of drug-likeness (QED) is 0.248. The molecule has 1 aromatic heterocycles. The number of amides is 2. The van der Waals surface area contributed by atoms with Gasteiger partial charge in [0.1, 0.15) is 0 Å². The molecule has 0 bridgehead atoms. The predicted molar refractivity (Wildman–Crippen MR) is 148 cm³/mol. The van der Waals surface area contributed by atoms with Crippen LogP contribution in [0.3, 0.4) is 0 Å². The lowest BCUT2D eigenvalue weighted by Crippen LogP contribution is -2.26. The lowest BCUT2D eigenvalue weighted by molar-refractivity contribution is -0.121. The minimum absolute atomic E-state index is 0.106. The van der Waals surface area contributed by atoms with E-state index in [-0.39, 0.29) is 17.7 Å². The summed E-state index contributed by atoms with van der Waals surface area (Å²) >= 11 is 12.0. The molecule has 1 heterocycles. The number of carbonyl (C=O) groups excluding carboxylic acids is 2. The van der Waals surface area contributed by atoms with Crippen LogP contribution in [0.1, 0.15) is 43.0 Å². The van der Waals surface area contributed by atoms with Crippen LogP contribution in [0.2, 0.25) is 10.0 Å². The fraction of sp³-hybridized carbons (Fsp3) is 0.241. The first kappa shape index (κ1) is 24.4. The van der Waals surface area contributed by atoms with Crippen LogP contribution in [0.4, 0.5) is 11.4 Å². The van der Waals surface area contributed by atoms with Gasteiger partial charge < -0.3 is 15.6 Å². The molecular formula is C29H27Cl2N3O2. The van der Waals surface area contributed by atoms with Crippen molar-refractivity contribution < 1.29 is 9.59 Å². The number of fused-ring (bicyclic) bond motifs is 1. The second-order valence-electron chi connectivity index (χ2n) is 9.59. The molecule has 0 radical (unpaired) electrons. The van der Waals surface area contributed by atoms with E-state index in [4.69, 9.17) is 23.2 Å². The van der Waals surface area contributed by atoms with Gasteiger partial charge in [-0.25, -0.2) is 0 Å². The van der Waals surface area contributed by atoms with Gasteiger partial charge in [0.25, 0.3) is 5.91 Å². The molecule has 2 amide bonds. The summed E-state index contributed by atoms with van der Waals surface area (Å²) in [5, 5.41) is 7.75. The molecule has 1 saturated carbocycles. The summed E-state index contributed by atoms with van der Waals surface area (Å²) in [6, 6.07) is 20.4. The number of aromatic amines is 1. The highest BCUT2D eigenvalue weighted by molar-refractivity contribution is 6.42. The molecule has 1 aliphatic rings. The third kappa shape index (κ3) is 5.43. The Balaban J connectivity index is 1.26. The zero-order chi connectivity index (χ0) is 25.2. The van der Waals surface area contributed by atoms with Crippen LogP contribution in [0.5, 0.6) is 0 Å². The highest BCUT2D eigenvalue weighted by Gasteiger charge is 2.24. The van der Waals surface area contributed by atoms with E-state index in [1.807, 2.05) is 42.5 Å². The summed E-state index contributed by atoms with van der Waals surface area (Å²) in [5.41, 5.74) is 4.86. The highest BCUT2D eigenvalue weighted by Crippen LogP contribution is 2.31. The number of anilines is 2. The molecule has 0 aliphatic heterocycles. The van der Waals surface area contributed by atoms with Crippen LogP contribution in [-0.4, -0.2) is 16.8 Å². The van der Waals surface area contributed by atoms with Gasteiger partial charge in [0.15, 0.2) is 0 Å². The summed E-state index contributed by atoms with van der Waals surface area (Å²) in [5.74, 6) is 0.686. The molecule has 184 valence electrons. The lowest BCUT2D eigenvalue weighted by Gasteiger charge is -2.25. The van der Waals surface area contributed by atoms with Crippen molar-refractivity contribution in [1.82, 2.24) is 4.98 Å². The number of H-pyrrole nitrogens is 1. The number of benzene rings is 3. The molecule has 4 aromatic rings. The van der Waals surface area contributed by atoms with Gasteiger partial charge in [-0.1, -0.05) is 42.3 Å². The number of aromatic nitrogens is 1. The zero-order valence-electron chi connectivity index (χ0n) is 19.9. The monoisotopic (exact) mass is 519 g/mol. The van der Waals surface area contributed by atoms with Gasteiger partial charge in [0, 0.05) is 39.5 Å². The Kier molecular flexibility index (Phi) is 7.04. The molecule has 7 heteroatoms. The van der Waals surface area contributed by atoms with Crippen molar-refractivity contribution in [2.75, 3.05) is 10.6 Å². The molecule has 0 unspecified atom stereocenters. The van der Waals surface area contributed by atoms with Crippen LogP contribution < -0.4 is 10.6 Å². The Morgan fingerprint density at radius 3 is 2.25 bits per heavy atom. The lowest BCUT2D eigenvalue weighted by atomic mass is 9.82. The fourth-order valence-electron chi connectivity index (χ4n) is 4.71. The molecule has 3 N–H and O–H groups in total. The molecule has 5 rings (SSSR count). The topological polar surface area (TPSA) is 74.0 Å². The number of rotatable bonds is 5. The molecule has 3 aromatic carbocycles. The summed E-state index contributed by atoms with van der Waals surface area (Å²) in [6.45, 7) is 2.26. The maximum absolute atomic E-state index is 12.7. The van der Waals surface area contributed by atoms with Crippen LogP contribution >= 0.6 is 23.2 Å². The Morgan fingerprint density at radius 1 is 0.806 bits per heavy atom. The first-order valence-corrected chi connectivity index (χ1v) is 12.9. The Labute approximate surface area is 220 Å². The summed E-state index contributed by atoms with van der Waals surface area (Å²) in [7, 11) is 0. The van der Waals surface area contributed by atoms with Crippen molar-refractivity contribution in [3.05, 3.63) is 82.3 Å². The van der Waals surface area contributed by atoms with Crippen LogP contribution in [0, 0.1) is 11.8 Å². The van der Waals surface area contributed by atoms with E-state index < -0.39 is 0 Å². The Hall–Kier alpha value is -3.28. The van der Waals surface area contributed by atoms with Gasteiger partial charge in [0.05, 0.1) is 10.0 Å². The third-order valence-electron chi connectivity index (χ3n) is 6.91. The predicted octanol–water partition coefficient (Wildman–Crippen LogP) is 8.16. The minimum atomic E-state index is -0.260. The van der Waals surface area contributed by atoms with E-state index in [0.29, 0.717) is 21.3 Å². The van der Waals surface area contributed by atoms with Crippen LogP contribution in [0.25, 0.3) is 22.2 Å². The summed E-state index contributed by atoms with van der Waals surface area (Å²) in [4.78, 5) is 28.7. The van der Waals surface area contributed by atoms with Gasteiger partial charge in [0.2, 0.25) is 5.91 Å². The number of hydrogen-bond donors (Lipinski definition) is 3. The van der Waals surface area contributed by atoms with Crippen molar-refractivity contribution in [3.63, 3.8) is 0 Å². The first-order chi connectivity index (χ1) is 17.4. The van der Waals surface area contributed by atoms with Crippen LogP contribution in [0.15, 0.2) is 66.7 Å². The van der Waals surface area contributed by atoms with Crippen molar-refractivity contribution in [2.45, 2.75) is 32.6 Å². The number of hydrogen-bond acceptors (Lipinski definition) is 2. The number of halogens is 2. The first-order valence-electron chi connectivity index (χ1n) is 12.2. The van der Waals surface area contributed by atoms with E-state index in [0.717, 1.165) is 59.4 Å². The van der Waals surface area contributed by atoms with E-state index >= 15 is 0 Å². The molecule has 36 heavy (non-hydrogen) atoms. The molecule has 0 saturated heterocycles. The van der Waals surface area contributed by atoms with E-state index in [9.17, 15) is 9.59 Å². The standard InChI is InChI=1S/C29H27Cl2N3O2/c1-17-2-4-19(5-3-17)28(35)33-23-11-13-26-21(14-23)16-27(34-26)18-6-9-22(10-7-18)32-29(36)20-8-12-24(30)25(31)15-20/h6-17,19,34H,2-5H2,1H3,(H,32,36)(H,33,35). The average Bonchev–Trinajstić information content (AvgIpc) is 3.30. The van der Waals surface area contributed by atoms with Gasteiger partial charge in [-0.3, -0.25) is 9.59 Å². The Morgan fingerprint density at radius 2 is 1.53 bits per heavy atom. The molecule has 0 spiro atoms. The van der Waals surface area contributed by atoms with Crippen molar-refractivity contribution >= 4 is 57.3 Å². The maximum Gasteiger partial charge on any atom is 0.255 e.